The van der Waals surface area contributed by atoms with E-state index in [0.717, 1.165) is 62.8 Å². The van der Waals surface area contributed by atoms with Crippen LogP contribution in [0, 0.1) is 37.9 Å². The van der Waals surface area contributed by atoms with E-state index in [2.05, 4.69) is 0 Å². The molecule has 7 unspecified atom stereocenters. The minimum absolute atomic E-state index is 0.0834. The van der Waals surface area contributed by atoms with Crippen molar-refractivity contribution in [3.63, 3.8) is 0 Å². The van der Waals surface area contributed by atoms with Crippen LogP contribution in [0.15, 0.2) is 170 Å². The first-order valence-corrected chi connectivity index (χ1v) is 36.9. The first-order valence-electron chi connectivity index (χ1n) is 54.9. The third-order valence-electron chi connectivity index (χ3n) is 17.1. The molecular formula is C98H126O21. The molecule has 644 valence electrons. The van der Waals surface area contributed by atoms with Crippen molar-refractivity contribution in [3.05, 3.63) is 209 Å². The summed E-state index contributed by atoms with van der Waals surface area (Å²) in [6.45, 7) is -11.9. The summed E-state index contributed by atoms with van der Waals surface area (Å²) in [5, 5.41) is 71.2. The number of benzene rings is 7. The van der Waals surface area contributed by atoms with E-state index in [9.17, 15) is 35.7 Å². The van der Waals surface area contributed by atoms with Crippen LogP contribution in [0.1, 0.15) is 233 Å². The third kappa shape index (κ3) is 30.1. The molecule has 0 aromatic heterocycles. The zero-order chi connectivity index (χ0) is 118. The molecule has 7 aromatic rings. The summed E-state index contributed by atoms with van der Waals surface area (Å²) in [6.07, 6.45) is 5.81. The third-order valence-corrected chi connectivity index (χ3v) is 17.1. The van der Waals surface area contributed by atoms with Crippen LogP contribution in [-0.2, 0) is 0 Å². The Kier molecular flexibility index (Phi) is 19.1. The minimum Gasteiger partial charge on any atom is -0.454 e. The maximum atomic E-state index is 10.4. The normalized spacial score (nSPS) is 24.5. The van der Waals surface area contributed by atoms with Gasteiger partial charge in [-0.1, -0.05) is 272 Å². The van der Waals surface area contributed by atoms with Gasteiger partial charge in [0.1, 0.15) is 11.0 Å². The summed E-state index contributed by atoms with van der Waals surface area (Å²) >= 11 is 0. The number of ether oxygens (including phenoxy) is 14. The molecule has 21 nitrogen and oxygen atoms in total. The predicted molar refractivity (Wildman–Crippen MR) is 469 cm³/mol. The fourth-order valence-electron chi connectivity index (χ4n) is 9.48. The number of rotatable bonds is 14. The SMILES string of the molecule is [2H]C(O)(/C=C/c1ccc2c(c1)OCO2)C(C)(C)C.[2H]C([2H])([2H])C(C)(C(O)/C=C/c1ccc2c(c1)OCO2)C([2H])([2H])[2H].[2H]C([2H])([2H])C(C)(C([2H])([2H])[2H])C([2H])(O)/C=C/c1ccc2c(c1)OCO2.[2H]C1([2H])Oc2ccc(/C=C/C(O)C(C)(C([2H])([2H])[2H])C([2H])([2H])[2H])cc2O1.[2H]C1([2H])Oc2ccc(/C=C/C(O)C(C)(C)C)cc2O1.[2H]C1([2H])Oc2ccc(/C=C/C([2H])(O)C(C)(C([2H])([2H])[2H])C([2H])([2H])[2H])cc2O1.[2H]C1([2H])Oc2ccc(/C=C/C([2H])(O)C(C)(C)C)cc2O1. The van der Waals surface area contributed by atoms with Gasteiger partial charge in [0.2, 0.25) is 47.4 Å². The molecule has 0 amide bonds. The monoisotopic (exact) mass is 1680 g/mol. The van der Waals surface area contributed by atoms with E-state index in [1.54, 1.807) is 118 Å². The number of aliphatic hydroxyl groups is 7. The van der Waals surface area contributed by atoms with Gasteiger partial charge in [-0.3, -0.25) is 0 Å². The molecule has 14 rings (SSSR count). The Morgan fingerprint density at radius 3 is 0.605 bits per heavy atom. The molecule has 7 aliphatic rings. The average Bonchev–Trinajstić information content (AvgIpc) is 1.61. The van der Waals surface area contributed by atoms with Crippen LogP contribution in [0.5, 0.6) is 80.5 Å². The Bertz CT molecular complexity index is 6210. The molecule has 119 heavy (non-hydrogen) atoms. The van der Waals surface area contributed by atoms with Crippen molar-refractivity contribution in [1.29, 1.82) is 0 Å². The van der Waals surface area contributed by atoms with E-state index in [0.29, 0.717) is 79.6 Å². The highest BCUT2D eigenvalue weighted by Crippen LogP contribution is 2.40. The highest BCUT2D eigenvalue weighted by atomic mass is 16.7. The topological polar surface area (TPSA) is 271 Å². The van der Waals surface area contributed by atoms with Crippen molar-refractivity contribution >= 4 is 42.5 Å². The summed E-state index contributed by atoms with van der Waals surface area (Å²) in [5.41, 5.74) is -7.09. The molecule has 0 aliphatic carbocycles. The fraction of sp³-hybridized carbons (Fsp3) is 0.429. The lowest BCUT2D eigenvalue weighted by atomic mass is 9.89. The van der Waals surface area contributed by atoms with Crippen LogP contribution in [0.3, 0.4) is 0 Å². The van der Waals surface area contributed by atoms with E-state index in [1.807, 2.05) is 59.7 Å². The molecular weight excluding hydrogens is 1510 g/mol. The summed E-state index contributed by atoms with van der Waals surface area (Å²) < 4.78 is 342. The van der Waals surface area contributed by atoms with Crippen molar-refractivity contribution in [2.75, 3.05) is 47.4 Å². The van der Waals surface area contributed by atoms with Crippen LogP contribution in [0.4, 0.5) is 0 Å². The van der Waals surface area contributed by atoms with Gasteiger partial charge in [0.15, 0.2) is 80.5 Å². The molecule has 0 bridgehead atoms. The Morgan fingerprint density at radius 2 is 0.403 bits per heavy atom. The van der Waals surface area contributed by atoms with Crippen LogP contribution in [-0.4, -0.2) is 126 Å². The van der Waals surface area contributed by atoms with Gasteiger partial charge >= 0.3 is 0 Å². The zero-order valence-electron chi connectivity index (χ0n) is 104. The maximum Gasteiger partial charge on any atom is 0.231 e. The van der Waals surface area contributed by atoms with E-state index in [4.69, 9.17) is 116 Å². The Morgan fingerprint density at radius 1 is 0.235 bits per heavy atom. The second-order valence-electron chi connectivity index (χ2n) is 31.1. The van der Waals surface area contributed by atoms with Gasteiger partial charge < -0.3 is 102 Å². The average molecular weight is 1680 g/mol. The van der Waals surface area contributed by atoms with Crippen LogP contribution < -0.4 is 66.3 Å². The Labute approximate surface area is 754 Å². The number of aliphatic hydroxyl groups excluding tert-OH is 3. The first kappa shape index (κ1) is 54.7. The van der Waals surface area contributed by atoms with Gasteiger partial charge in [0.25, 0.3) is 0 Å². The molecule has 0 fully saturated rings. The fourth-order valence-corrected chi connectivity index (χ4v) is 9.48. The van der Waals surface area contributed by atoms with Gasteiger partial charge in [0.05, 0.1) is 48.1 Å². The summed E-state index contributed by atoms with van der Waals surface area (Å²) in [6, 6.07) is 34.0. The molecule has 7 N–H and O–H groups in total. The number of hydrogen-bond donors (Lipinski definition) is 7. The molecule has 7 aromatic carbocycles. The van der Waals surface area contributed by atoms with E-state index in [-0.39, 0.29) is 48.8 Å². The first-order chi connectivity index (χ1) is 69.9. The number of hydrogen-bond acceptors (Lipinski definition) is 21. The molecule has 0 saturated carbocycles. The standard InChI is InChI=1S/7C14H18O3/c7*1-14(2,3)13(15)7-5-10-4-6-11-12(8-10)17-9-16-11/h7*4-8,13,15H,9H2,1-3H3/b7*7-5+/i1D3,2D3,9D2,13D;1D3,2D3,13D;1D3,2D3,9D2;9D2,13D;1D3,2D3;13D;9D2. The van der Waals surface area contributed by atoms with Crippen LogP contribution in [0.25, 0.3) is 42.5 Å². The predicted octanol–water partition coefficient (Wildman–Crippen LogP) is 19.8. The molecule has 7 heterocycles. The lowest BCUT2D eigenvalue weighted by Crippen LogP contribution is -2.23. The largest absolute Gasteiger partial charge is 0.454 e. The van der Waals surface area contributed by atoms with Crippen molar-refractivity contribution < 1.29 is 151 Å². The smallest absolute Gasteiger partial charge is 0.231 e. The van der Waals surface area contributed by atoms with E-state index >= 15 is 0 Å². The number of fused-ring (bicyclic) bond motifs is 7. The minimum atomic E-state index is -3.13. The van der Waals surface area contributed by atoms with Gasteiger partial charge in [-0.25, -0.2) is 0 Å². The van der Waals surface area contributed by atoms with E-state index < -0.39 is 157 Å². The van der Waals surface area contributed by atoms with Crippen LogP contribution >= 0.6 is 0 Å². The molecule has 0 spiro atoms. The Balaban J connectivity index is 0.000000220. The molecule has 0 saturated heterocycles. The molecule has 7 atom stereocenters. The highest BCUT2D eigenvalue weighted by molar-refractivity contribution is 5.63. The summed E-state index contributed by atoms with van der Waals surface area (Å²) in [5.74, 6) is 5.57. The quantitative estimate of drug-likeness (QED) is 0.0533. The lowest BCUT2D eigenvalue weighted by Gasteiger charge is -2.22. The second-order valence-corrected chi connectivity index (χ2v) is 31.1. The lowest BCUT2D eigenvalue weighted by molar-refractivity contribution is 0.106. The summed E-state index contributed by atoms with van der Waals surface area (Å²) in [4.78, 5) is 0. The maximum absolute atomic E-state index is 10.4. The van der Waals surface area contributed by atoms with Crippen molar-refractivity contribution in [1.82, 2.24) is 0 Å². The van der Waals surface area contributed by atoms with Crippen molar-refractivity contribution in [2.45, 2.75) is 187 Å². The van der Waals surface area contributed by atoms with E-state index in [1.165, 1.54) is 78.9 Å². The summed E-state index contributed by atoms with van der Waals surface area (Å²) in [7, 11) is 0. The highest BCUT2D eigenvalue weighted by Gasteiger charge is 2.27. The van der Waals surface area contributed by atoms with Gasteiger partial charge in [0, 0.05) is 32.9 Å². The van der Waals surface area contributed by atoms with Gasteiger partial charge in [-0.2, -0.15) is 0 Å². The van der Waals surface area contributed by atoms with Crippen molar-refractivity contribution in [2.24, 2.45) is 37.9 Å². The molecule has 21 heteroatoms. The second kappa shape index (κ2) is 41.6. The Hall–Kier alpha value is -10.4. The molecule has 7 aliphatic heterocycles. The van der Waals surface area contributed by atoms with Gasteiger partial charge in [-0.15, -0.1) is 0 Å². The van der Waals surface area contributed by atoms with Crippen molar-refractivity contribution in [3.8, 4) is 80.5 Å². The zero-order valence-corrected chi connectivity index (χ0v) is 67.9. The van der Waals surface area contributed by atoms with Gasteiger partial charge in [-0.05, 0) is 162 Å². The van der Waals surface area contributed by atoms with Crippen LogP contribution in [0.2, 0.25) is 0 Å². The molecule has 0 radical (unpaired) electrons.